The Labute approximate surface area is 523 Å². The Morgan fingerprint density at radius 3 is 1.05 bits per heavy atom. The number of ether oxygens (including phenoxy) is 7. The van der Waals surface area contributed by atoms with Gasteiger partial charge in [0.05, 0.1) is 19.8 Å². The number of hydrogen-bond acceptors (Lipinski definition) is 12. The van der Waals surface area contributed by atoms with Gasteiger partial charge in [0.25, 0.3) is 0 Å². The molecule has 606 valence electrons. The van der Waals surface area contributed by atoms with Crippen LogP contribution in [0.3, 0.4) is 0 Å². The minimum absolute atomic E-state index is 0.192. The van der Waals surface area contributed by atoms with E-state index in [9.17, 15) is 227 Å². The smallest absolute Gasteiger partial charge is 0.460 e. The number of carboxylic acid groups (broad SMARTS) is 3. The molecule has 0 heterocycles. The zero-order valence-corrected chi connectivity index (χ0v) is 46.2. The molecule has 63 heteroatoms. The van der Waals surface area contributed by atoms with Crippen molar-refractivity contribution < 1.29 is 283 Å². The number of carbonyl (C=O) groups excluding carboxylic acids is 2. The number of aliphatic carboxylic acids is 3. The molecule has 0 saturated heterocycles. The van der Waals surface area contributed by atoms with Crippen LogP contribution in [0.5, 0.6) is 0 Å². The summed E-state index contributed by atoms with van der Waals surface area (Å²) in [5.41, 5.74) is -15.5. The van der Waals surface area contributed by atoms with Crippen LogP contribution >= 0.6 is 0 Å². The third-order valence-electron chi connectivity index (χ3n) is 11.6. The van der Waals surface area contributed by atoms with Crippen LogP contribution in [0.15, 0.2) is 0 Å². The number of halogens is 48. The minimum Gasteiger partial charge on any atom is -0.480 e. The number of alkyl halides is 48. The first kappa shape index (κ1) is 98.0. The van der Waals surface area contributed by atoms with Crippen molar-refractivity contribution in [3.63, 3.8) is 0 Å². The Balaban J connectivity index is 0. The normalized spacial score (nSPS) is 17.3. The molecule has 0 amide bonds. The number of carboxylic acids is 3. The standard InChI is InChI=1S/C29H18F34O11.C10H6F14O4/c30-14(31,28(60,61)74-29(62,63)24(49,50)21(43,44)19(39,40)18(37,38)20(41,42)23(47,48)27(57,58)59)12(69)73-9(1-3-70-5-6-71-8-10(65)66)7-13(11(67)68,72-4-2-64)15(32,25(51,52)53)16(33,34)17(35,36)22(45,46)26(54,55)56;1-2-27-8(19,5(13,14)6(15,16)9(20,21)22)7(17,18)10(23,24)28-4(11,12)3(25)26/h2,9H,1,3-8H2,(H,65,66)(H,67,68);2H2,1H3,(H,25,26). The quantitative estimate of drug-likeness (QED) is 0.0227. The number of aldehydes is 1. The zero-order valence-electron chi connectivity index (χ0n) is 46.2. The van der Waals surface area contributed by atoms with Gasteiger partial charge in [0.15, 0.2) is 0 Å². The van der Waals surface area contributed by atoms with E-state index in [0.717, 1.165) is 4.74 Å². The highest BCUT2D eigenvalue weighted by Crippen LogP contribution is 2.68. The molecule has 0 aromatic rings. The molecule has 0 aliphatic rings. The number of carbonyl (C=O) groups is 5. The predicted octanol–water partition coefficient (Wildman–Crippen LogP) is 14.2. The van der Waals surface area contributed by atoms with Crippen LogP contribution in [0, 0.1) is 0 Å². The maximum atomic E-state index is 16.2. The number of rotatable bonds is 38. The van der Waals surface area contributed by atoms with Gasteiger partial charge < -0.3 is 43.8 Å². The molecule has 0 radical (unpaired) electrons. The topological polar surface area (TPSA) is 211 Å². The maximum absolute atomic E-state index is 16.2. The van der Waals surface area contributed by atoms with Crippen molar-refractivity contribution in [1.82, 2.24) is 0 Å². The molecule has 4 unspecified atom stereocenters. The summed E-state index contributed by atoms with van der Waals surface area (Å²) < 4.78 is 674. The van der Waals surface area contributed by atoms with Gasteiger partial charge in [-0.2, -0.15) is 206 Å². The van der Waals surface area contributed by atoms with E-state index >= 15 is 13.2 Å². The Morgan fingerprint density at radius 1 is 0.373 bits per heavy atom. The number of hydrogen-bond donors (Lipinski definition) is 3. The van der Waals surface area contributed by atoms with Crippen molar-refractivity contribution >= 4 is 30.2 Å². The first-order valence-electron chi connectivity index (χ1n) is 23.3. The lowest BCUT2D eigenvalue weighted by molar-refractivity contribution is -0.508. The molecule has 15 nitrogen and oxygen atoms in total. The highest BCUT2D eigenvalue weighted by atomic mass is 19.5. The lowest BCUT2D eigenvalue weighted by Crippen LogP contribution is -2.80. The van der Waals surface area contributed by atoms with Gasteiger partial charge in [0.2, 0.25) is 5.60 Å². The van der Waals surface area contributed by atoms with Crippen molar-refractivity contribution in [2.45, 2.75) is 169 Å². The summed E-state index contributed by atoms with van der Waals surface area (Å²) >= 11 is 0. The Morgan fingerprint density at radius 2 is 0.716 bits per heavy atom. The van der Waals surface area contributed by atoms with Gasteiger partial charge in [-0.25, -0.2) is 33.0 Å². The zero-order chi connectivity index (χ0) is 83.2. The molecule has 0 spiro atoms. The van der Waals surface area contributed by atoms with Gasteiger partial charge in [-0.3, -0.25) is 0 Å². The molecule has 0 fully saturated rings. The van der Waals surface area contributed by atoms with E-state index in [1.807, 2.05) is 0 Å². The molecule has 0 aromatic carbocycles. The Kier molecular flexibility index (Phi) is 28.2. The fourth-order valence-electron chi connectivity index (χ4n) is 6.34. The van der Waals surface area contributed by atoms with Crippen LogP contribution in [0.1, 0.15) is 19.8 Å². The molecule has 102 heavy (non-hydrogen) atoms. The van der Waals surface area contributed by atoms with Crippen LogP contribution < -0.4 is 0 Å². The van der Waals surface area contributed by atoms with Crippen LogP contribution in [0.4, 0.5) is 211 Å². The predicted molar refractivity (Wildman–Crippen MR) is 208 cm³/mol. The van der Waals surface area contributed by atoms with Crippen LogP contribution in [0.2, 0.25) is 0 Å². The van der Waals surface area contributed by atoms with Gasteiger partial charge in [-0.05, 0) is 6.92 Å². The van der Waals surface area contributed by atoms with Crippen LogP contribution in [0.25, 0.3) is 0 Å². The lowest BCUT2D eigenvalue weighted by Gasteiger charge is -2.49. The van der Waals surface area contributed by atoms with Gasteiger partial charge in [0, 0.05) is 19.4 Å². The van der Waals surface area contributed by atoms with E-state index in [1.165, 1.54) is 0 Å². The fourth-order valence-corrected chi connectivity index (χ4v) is 6.34. The van der Waals surface area contributed by atoms with E-state index in [0.29, 0.717) is 0 Å². The van der Waals surface area contributed by atoms with Gasteiger partial charge >= 0.3 is 162 Å². The molecule has 4 atom stereocenters. The molecule has 0 aromatic heterocycles. The average Bonchev–Trinajstić information content (AvgIpc) is 0.695. The SMILES string of the molecule is CCOC(F)(C(F)(F)C(F)(F)OC(F)(F)C(=O)O)C(F)(F)C(F)(F)C(F)(F)F.O=CCOC(CC(CCOCCOCC(=O)O)OC(=O)C(F)(F)C(F)(F)OC(F)(F)C(F)(F)C(F)(F)C(F)(F)C(F)(F)C(F)(F)C(F)(F)C(F)(F)F)(C(=O)O)C(F)(C(F)(F)F)C(F)(F)C(F)(F)C(F)(F)C(F)(F)F. The first-order chi connectivity index (χ1) is 44.1. The summed E-state index contributed by atoms with van der Waals surface area (Å²) in [7, 11) is 0. The van der Waals surface area contributed by atoms with Gasteiger partial charge in [-0.1, -0.05) is 0 Å². The van der Waals surface area contributed by atoms with Crippen molar-refractivity contribution in [3.8, 4) is 0 Å². The largest absolute Gasteiger partial charge is 0.480 e. The summed E-state index contributed by atoms with van der Waals surface area (Å²) in [5, 5.41) is 25.7. The van der Waals surface area contributed by atoms with E-state index in [4.69, 9.17) is 10.2 Å². The molecular formula is C39H24F48O15. The lowest BCUT2D eigenvalue weighted by atomic mass is 9.71. The highest BCUT2D eigenvalue weighted by Gasteiger charge is 2.98. The van der Waals surface area contributed by atoms with E-state index in [1.54, 1.807) is 4.74 Å². The summed E-state index contributed by atoms with van der Waals surface area (Å²) in [6, 6.07) is 0. The van der Waals surface area contributed by atoms with Gasteiger partial charge in [0.1, 0.15) is 25.6 Å². The second-order valence-corrected chi connectivity index (χ2v) is 18.4. The third-order valence-corrected chi connectivity index (χ3v) is 11.6. The Bertz CT molecular complexity index is 2880. The summed E-state index contributed by atoms with van der Waals surface area (Å²) in [6.45, 7) is -10.6. The highest BCUT2D eigenvalue weighted by molar-refractivity contribution is 5.81. The molecule has 0 bridgehead atoms. The van der Waals surface area contributed by atoms with E-state index in [2.05, 4.69) is 23.7 Å². The van der Waals surface area contributed by atoms with E-state index < -0.39 is 232 Å². The molecule has 0 aliphatic heterocycles. The maximum Gasteiger partial charge on any atom is 0.460 e. The molecular weight excluding hydrogens is 1620 g/mol. The van der Waals surface area contributed by atoms with Crippen LogP contribution in [-0.4, -0.2) is 234 Å². The van der Waals surface area contributed by atoms with Crippen molar-refractivity contribution in [3.05, 3.63) is 0 Å². The number of esters is 1. The fraction of sp³-hybridized carbons (Fsp3) is 0.872. The molecule has 0 rings (SSSR count). The molecule has 3 N–H and O–H groups in total. The Hall–Kier alpha value is -6.05. The monoisotopic (exact) mass is 1640 g/mol. The second kappa shape index (κ2) is 29.4. The van der Waals surface area contributed by atoms with Crippen molar-refractivity contribution in [2.75, 3.05) is 39.6 Å². The van der Waals surface area contributed by atoms with Crippen molar-refractivity contribution in [2.24, 2.45) is 0 Å². The summed E-state index contributed by atoms with van der Waals surface area (Å²) in [6.07, 6.45) is -76.5. The van der Waals surface area contributed by atoms with E-state index in [-0.39, 0.29) is 6.92 Å². The van der Waals surface area contributed by atoms with Gasteiger partial charge in [-0.15, -0.1) is 0 Å². The first-order valence-corrected chi connectivity index (χ1v) is 23.3. The van der Waals surface area contributed by atoms with Crippen molar-refractivity contribution in [1.29, 1.82) is 0 Å². The summed E-state index contributed by atoms with van der Waals surface area (Å²) in [4.78, 5) is 55.6. The molecule has 0 aliphatic carbocycles. The third kappa shape index (κ3) is 16.3. The summed E-state index contributed by atoms with van der Waals surface area (Å²) in [5.74, 6) is -137. The molecule has 0 saturated carbocycles. The second-order valence-electron chi connectivity index (χ2n) is 18.4. The van der Waals surface area contributed by atoms with Crippen LogP contribution in [-0.2, 0) is 57.1 Å². The average molecular weight is 1640 g/mol. The minimum atomic E-state index is -9.64.